The van der Waals surface area contributed by atoms with E-state index in [1.165, 1.54) is 19.2 Å². The van der Waals surface area contributed by atoms with Crippen LogP contribution >= 0.6 is 0 Å². The zero-order chi connectivity index (χ0) is 25.7. The van der Waals surface area contributed by atoms with Gasteiger partial charge < -0.3 is 29.4 Å². The van der Waals surface area contributed by atoms with Crippen LogP contribution in [0.25, 0.3) is 6.08 Å². The molecule has 184 valence electrons. The van der Waals surface area contributed by atoms with E-state index in [2.05, 4.69) is 5.32 Å². The molecule has 0 radical (unpaired) electrons. The number of fused-ring (bicyclic) bond motifs is 1. The highest BCUT2D eigenvalue weighted by atomic mass is 16.5. The molecule has 9 heteroatoms. The molecule has 0 spiro atoms. The summed E-state index contributed by atoms with van der Waals surface area (Å²) in [5.41, 5.74) is 1.42. The van der Waals surface area contributed by atoms with E-state index < -0.39 is 24.5 Å². The topological polar surface area (TPSA) is 120 Å². The first kappa shape index (κ1) is 24.3. The number of amides is 1. The molecule has 2 N–H and O–H groups in total. The molecule has 1 heterocycles. The summed E-state index contributed by atoms with van der Waals surface area (Å²) in [6.07, 6.45) is 1.57. The van der Waals surface area contributed by atoms with E-state index in [1.807, 2.05) is 0 Å². The SMILES string of the molecule is COc1ccc(/C=C2\Oc3cc(OCC(=O)N[C@@H](C(=O)O)c4ccccc4)ccc3C2=O)c(OC)c1. The highest BCUT2D eigenvalue weighted by Gasteiger charge is 2.28. The van der Waals surface area contributed by atoms with E-state index in [4.69, 9.17) is 18.9 Å². The molecule has 0 aromatic heterocycles. The van der Waals surface area contributed by atoms with Gasteiger partial charge in [-0.3, -0.25) is 9.59 Å². The first-order chi connectivity index (χ1) is 17.4. The van der Waals surface area contributed by atoms with E-state index in [0.717, 1.165) is 0 Å². The molecule has 1 aliphatic rings. The number of Topliss-reactive ketones (excluding diaryl/α,β-unsaturated/α-hetero) is 1. The molecule has 3 aromatic rings. The van der Waals surface area contributed by atoms with Crippen molar-refractivity contribution in [1.82, 2.24) is 5.32 Å². The van der Waals surface area contributed by atoms with Crippen molar-refractivity contribution in [1.29, 1.82) is 0 Å². The number of carboxylic acid groups (broad SMARTS) is 1. The van der Waals surface area contributed by atoms with E-state index in [-0.39, 0.29) is 23.0 Å². The van der Waals surface area contributed by atoms with Crippen LogP contribution in [-0.4, -0.2) is 43.6 Å². The van der Waals surface area contributed by atoms with Crippen molar-refractivity contribution in [3.05, 3.63) is 89.2 Å². The Morgan fingerprint density at radius 3 is 2.44 bits per heavy atom. The predicted octanol–water partition coefficient (Wildman–Crippen LogP) is 3.64. The van der Waals surface area contributed by atoms with Gasteiger partial charge in [0.15, 0.2) is 18.4 Å². The maximum Gasteiger partial charge on any atom is 0.330 e. The lowest BCUT2D eigenvalue weighted by Gasteiger charge is -2.15. The van der Waals surface area contributed by atoms with Crippen molar-refractivity contribution >= 4 is 23.7 Å². The fourth-order valence-corrected chi connectivity index (χ4v) is 3.62. The third-order valence-corrected chi connectivity index (χ3v) is 5.42. The minimum absolute atomic E-state index is 0.107. The van der Waals surface area contributed by atoms with Gasteiger partial charge >= 0.3 is 5.97 Å². The van der Waals surface area contributed by atoms with Crippen LogP contribution in [0.3, 0.4) is 0 Å². The summed E-state index contributed by atoms with van der Waals surface area (Å²) in [5, 5.41) is 11.9. The van der Waals surface area contributed by atoms with Gasteiger partial charge in [-0.2, -0.15) is 0 Å². The quantitative estimate of drug-likeness (QED) is 0.437. The van der Waals surface area contributed by atoms with Gasteiger partial charge in [-0.25, -0.2) is 4.79 Å². The Morgan fingerprint density at radius 2 is 1.75 bits per heavy atom. The van der Waals surface area contributed by atoms with Crippen molar-refractivity contribution in [3.63, 3.8) is 0 Å². The number of nitrogens with one attached hydrogen (secondary N) is 1. The van der Waals surface area contributed by atoms with Crippen LogP contribution in [0.5, 0.6) is 23.0 Å². The van der Waals surface area contributed by atoms with Crippen LogP contribution in [0.15, 0.2) is 72.5 Å². The third-order valence-electron chi connectivity index (χ3n) is 5.42. The van der Waals surface area contributed by atoms with Crippen LogP contribution in [-0.2, 0) is 9.59 Å². The molecule has 1 amide bonds. The van der Waals surface area contributed by atoms with Gasteiger partial charge in [-0.05, 0) is 35.9 Å². The second kappa shape index (κ2) is 10.6. The molecule has 4 rings (SSSR count). The van der Waals surface area contributed by atoms with Crippen molar-refractivity contribution in [2.24, 2.45) is 0 Å². The fourth-order valence-electron chi connectivity index (χ4n) is 3.62. The zero-order valence-electron chi connectivity index (χ0n) is 19.5. The average molecular weight is 489 g/mol. The number of hydrogen-bond donors (Lipinski definition) is 2. The van der Waals surface area contributed by atoms with E-state index in [1.54, 1.807) is 67.8 Å². The number of hydrogen-bond acceptors (Lipinski definition) is 7. The Bertz CT molecular complexity index is 1330. The van der Waals surface area contributed by atoms with Crippen molar-refractivity contribution in [2.75, 3.05) is 20.8 Å². The lowest BCUT2D eigenvalue weighted by atomic mass is 10.1. The van der Waals surface area contributed by atoms with Crippen LogP contribution in [0.4, 0.5) is 0 Å². The minimum atomic E-state index is -1.20. The number of allylic oxidation sites excluding steroid dienone is 1. The van der Waals surface area contributed by atoms with Gasteiger partial charge in [0.05, 0.1) is 19.8 Å². The Balaban J connectivity index is 1.43. The smallest absolute Gasteiger partial charge is 0.330 e. The third kappa shape index (κ3) is 5.30. The zero-order valence-corrected chi connectivity index (χ0v) is 19.5. The second-order valence-corrected chi connectivity index (χ2v) is 7.74. The molecular weight excluding hydrogens is 466 g/mol. The molecule has 0 saturated heterocycles. The van der Waals surface area contributed by atoms with Crippen molar-refractivity contribution < 1.29 is 38.4 Å². The molecule has 0 fully saturated rings. The fraction of sp³-hybridized carbons (Fsp3) is 0.148. The molecule has 0 aliphatic carbocycles. The van der Waals surface area contributed by atoms with Gasteiger partial charge in [0.25, 0.3) is 5.91 Å². The molecule has 3 aromatic carbocycles. The van der Waals surface area contributed by atoms with Gasteiger partial charge in [0, 0.05) is 17.7 Å². The average Bonchev–Trinajstić information content (AvgIpc) is 3.20. The number of rotatable bonds is 9. The number of carbonyl (C=O) groups is 3. The van der Waals surface area contributed by atoms with Crippen molar-refractivity contribution in [3.8, 4) is 23.0 Å². The molecule has 36 heavy (non-hydrogen) atoms. The maximum atomic E-state index is 12.8. The predicted molar refractivity (Wildman–Crippen MR) is 129 cm³/mol. The van der Waals surface area contributed by atoms with Gasteiger partial charge in [-0.1, -0.05) is 30.3 Å². The molecule has 1 aliphatic heterocycles. The number of ketones is 1. The summed E-state index contributed by atoms with van der Waals surface area (Å²) >= 11 is 0. The Labute approximate surface area is 206 Å². The van der Waals surface area contributed by atoms with Gasteiger partial charge in [-0.15, -0.1) is 0 Å². The number of aliphatic carboxylic acids is 1. The first-order valence-corrected chi connectivity index (χ1v) is 10.9. The van der Waals surface area contributed by atoms with Crippen LogP contribution in [0.1, 0.15) is 27.5 Å². The number of carboxylic acids is 1. The second-order valence-electron chi connectivity index (χ2n) is 7.74. The molecule has 0 unspecified atom stereocenters. The Morgan fingerprint density at radius 1 is 1.00 bits per heavy atom. The lowest BCUT2D eigenvalue weighted by molar-refractivity contribution is -0.142. The normalized spacial score (nSPS) is 13.9. The molecule has 1 atom stereocenters. The molecule has 9 nitrogen and oxygen atoms in total. The van der Waals surface area contributed by atoms with Crippen LogP contribution in [0, 0.1) is 0 Å². The van der Waals surface area contributed by atoms with E-state index in [9.17, 15) is 19.5 Å². The highest BCUT2D eigenvalue weighted by Crippen LogP contribution is 2.36. The number of methoxy groups -OCH3 is 2. The number of benzene rings is 3. The minimum Gasteiger partial charge on any atom is -0.497 e. The number of carbonyl (C=O) groups excluding carboxylic acids is 2. The van der Waals surface area contributed by atoms with Crippen molar-refractivity contribution in [2.45, 2.75) is 6.04 Å². The van der Waals surface area contributed by atoms with Gasteiger partial charge in [0.2, 0.25) is 5.78 Å². The summed E-state index contributed by atoms with van der Waals surface area (Å²) in [6.45, 7) is -0.422. The summed E-state index contributed by atoms with van der Waals surface area (Å²) in [4.78, 5) is 36.7. The molecule has 0 bridgehead atoms. The Kier molecular flexibility index (Phi) is 7.20. The van der Waals surface area contributed by atoms with Gasteiger partial charge in [0.1, 0.15) is 23.0 Å². The summed E-state index contributed by atoms with van der Waals surface area (Å²) in [5.74, 6) is -0.312. The van der Waals surface area contributed by atoms with E-state index >= 15 is 0 Å². The van der Waals surface area contributed by atoms with E-state index in [0.29, 0.717) is 28.2 Å². The highest BCUT2D eigenvalue weighted by molar-refractivity contribution is 6.14. The Hall–Kier alpha value is -4.79. The monoisotopic (exact) mass is 489 g/mol. The summed E-state index contributed by atoms with van der Waals surface area (Å²) in [6, 6.07) is 16.9. The summed E-state index contributed by atoms with van der Waals surface area (Å²) < 4.78 is 21.8. The maximum absolute atomic E-state index is 12.8. The number of ether oxygens (including phenoxy) is 4. The van der Waals surface area contributed by atoms with Crippen LogP contribution < -0.4 is 24.3 Å². The van der Waals surface area contributed by atoms with Crippen LogP contribution in [0.2, 0.25) is 0 Å². The lowest BCUT2D eigenvalue weighted by Crippen LogP contribution is -2.36. The standard InChI is InChI=1S/C27H23NO8/c1-33-18-9-8-17(21(13-18)34-2)12-23-26(30)20-11-10-19(14-22(20)36-23)35-15-24(29)28-25(27(31)32)16-6-4-3-5-7-16/h3-14,25H,15H2,1-2H3,(H,28,29)(H,31,32)/b23-12-/t25-/m1/s1. The largest absolute Gasteiger partial charge is 0.497 e. The molecule has 0 saturated carbocycles. The molecular formula is C27H23NO8. The first-order valence-electron chi connectivity index (χ1n) is 10.9. The summed E-state index contributed by atoms with van der Waals surface area (Å²) in [7, 11) is 3.06.